The molecule has 3 rings (SSSR count). The van der Waals surface area contributed by atoms with Crippen molar-refractivity contribution >= 4 is 34.0 Å². The largest absolute Gasteiger partial charge is 0.325 e. The lowest BCUT2D eigenvalue weighted by Gasteiger charge is -2.06. The third-order valence-corrected chi connectivity index (χ3v) is 4.57. The number of aryl methyl sites for hydroxylation is 3. The molecule has 0 saturated carbocycles. The second-order valence-electron chi connectivity index (χ2n) is 5.40. The Hall–Kier alpha value is -2.48. The molecule has 0 radical (unpaired) electrons. The molecular weight excluding hydrogens is 314 g/mol. The maximum absolute atomic E-state index is 12.1. The van der Waals surface area contributed by atoms with Crippen molar-refractivity contribution < 1.29 is 4.79 Å². The zero-order valence-electron chi connectivity index (χ0n) is 13.2. The third-order valence-electron chi connectivity index (χ3n) is 3.69. The number of nitrogens with zero attached hydrogens (tertiary/aromatic N) is 4. The maximum atomic E-state index is 12.1. The summed E-state index contributed by atoms with van der Waals surface area (Å²) in [7, 11) is 1.83. The summed E-state index contributed by atoms with van der Waals surface area (Å²) in [6.45, 7) is 4.14. The van der Waals surface area contributed by atoms with Crippen LogP contribution < -0.4 is 10.2 Å². The minimum atomic E-state index is -0.148. The average Bonchev–Trinajstić information content (AvgIpc) is 2.97. The smallest absolute Gasteiger partial charge is 0.307 e. The molecule has 0 aliphatic carbocycles. The number of carbonyl (C=O) groups is 1. The summed E-state index contributed by atoms with van der Waals surface area (Å²) < 4.78 is 3.32. The molecule has 0 bridgehead atoms. The highest BCUT2D eigenvalue weighted by Gasteiger charge is 2.10. The lowest BCUT2D eigenvalue weighted by molar-refractivity contribution is -0.116. The molecule has 1 N–H and O–H groups in total. The van der Waals surface area contributed by atoms with Gasteiger partial charge in [-0.2, -0.15) is 5.10 Å². The van der Waals surface area contributed by atoms with Crippen molar-refractivity contribution in [1.82, 2.24) is 19.3 Å². The van der Waals surface area contributed by atoms with Gasteiger partial charge in [0.1, 0.15) is 0 Å². The first kappa shape index (κ1) is 15.4. The zero-order valence-corrected chi connectivity index (χ0v) is 14.0. The Morgan fingerprint density at radius 3 is 2.87 bits per heavy atom. The van der Waals surface area contributed by atoms with Crippen molar-refractivity contribution in [3.63, 3.8) is 0 Å². The summed E-state index contributed by atoms with van der Waals surface area (Å²) in [5.41, 5.74) is 3.15. The normalized spacial score (nSPS) is 11.1. The van der Waals surface area contributed by atoms with Crippen molar-refractivity contribution in [3.8, 4) is 0 Å². The molecule has 0 saturated heterocycles. The van der Waals surface area contributed by atoms with Crippen LogP contribution in [0.2, 0.25) is 0 Å². The molecule has 0 aromatic carbocycles. The number of carbonyl (C=O) groups excluding carboxylic acids is 1. The highest BCUT2D eigenvalue weighted by atomic mass is 32.1. The van der Waals surface area contributed by atoms with Gasteiger partial charge in [-0.15, -0.1) is 0 Å². The van der Waals surface area contributed by atoms with E-state index in [1.165, 1.54) is 0 Å². The van der Waals surface area contributed by atoms with Crippen LogP contribution in [0.4, 0.5) is 5.69 Å². The summed E-state index contributed by atoms with van der Waals surface area (Å²) in [5, 5.41) is 9.83. The van der Waals surface area contributed by atoms with Gasteiger partial charge in [-0.25, -0.2) is 4.98 Å². The molecule has 0 aliphatic heterocycles. The molecule has 8 heteroatoms. The van der Waals surface area contributed by atoms with Gasteiger partial charge in [0, 0.05) is 36.5 Å². The van der Waals surface area contributed by atoms with Gasteiger partial charge >= 0.3 is 4.87 Å². The summed E-state index contributed by atoms with van der Waals surface area (Å²) in [5.74, 6) is -0.148. The van der Waals surface area contributed by atoms with Crippen LogP contribution in [-0.2, 0) is 18.4 Å². The highest BCUT2D eigenvalue weighted by Crippen LogP contribution is 2.19. The fourth-order valence-corrected chi connectivity index (χ4v) is 3.25. The van der Waals surface area contributed by atoms with E-state index in [-0.39, 0.29) is 17.2 Å². The molecule has 0 atom stereocenters. The number of aromatic nitrogens is 4. The Balaban J connectivity index is 1.70. The number of hydrogen-bond acceptors (Lipinski definition) is 5. The fourth-order valence-electron chi connectivity index (χ4n) is 2.49. The van der Waals surface area contributed by atoms with Crippen molar-refractivity contribution in [2.45, 2.75) is 26.8 Å². The Kier molecular flexibility index (Phi) is 3.99. The third kappa shape index (κ3) is 3.02. The molecular formula is C15H17N5O2S. The monoisotopic (exact) mass is 331 g/mol. The maximum Gasteiger partial charge on any atom is 0.307 e. The minimum Gasteiger partial charge on any atom is -0.325 e. The lowest BCUT2D eigenvalue weighted by Crippen LogP contribution is -2.20. The van der Waals surface area contributed by atoms with Crippen LogP contribution >= 0.6 is 11.3 Å². The lowest BCUT2D eigenvalue weighted by atomic mass is 10.2. The van der Waals surface area contributed by atoms with Crippen molar-refractivity contribution in [2.75, 3.05) is 5.32 Å². The number of fused-ring (bicyclic) bond motifs is 1. The van der Waals surface area contributed by atoms with Crippen LogP contribution in [0.1, 0.15) is 17.8 Å². The number of pyridine rings is 1. The molecule has 1 amide bonds. The molecule has 0 spiro atoms. The SMILES string of the molecule is Cc1nn(C)c2ncc(NC(=O)CCn3c(C)csc3=O)cc12. The van der Waals surface area contributed by atoms with E-state index in [0.29, 0.717) is 12.2 Å². The summed E-state index contributed by atoms with van der Waals surface area (Å²) in [4.78, 5) is 28.0. The van der Waals surface area contributed by atoms with Crippen molar-refractivity contribution in [3.05, 3.63) is 38.7 Å². The van der Waals surface area contributed by atoms with E-state index in [1.54, 1.807) is 20.8 Å². The van der Waals surface area contributed by atoms with Gasteiger partial charge < -0.3 is 9.88 Å². The van der Waals surface area contributed by atoms with Gasteiger partial charge in [0.15, 0.2) is 5.65 Å². The predicted octanol–water partition coefficient (Wildman–Crippen LogP) is 1.84. The quantitative estimate of drug-likeness (QED) is 0.791. The van der Waals surface area contributed by atoms with Crippen LogP contribution in [0.5, 0.6) is 0 Å². The zero-order chi connectivity index (χ0) is 16.6. The van der Waals surface area contributed by atoms with Crippen molar-refractivity contribution in [1.29, 1.82) is 0 Å². The van der Waals surface area contributed by atoms with Crippen LogP contribution in [-0.4, -0.2) is 25.2 Å². The Bertz CT molecular complexity index is 937. The Morgan fingerprint density at radius 2 is 2.17 bits per heavy atom. The Labute approximate surface area is 136 Å². The predicted molar refractivity (Wildman–Crippen MR) is 89.8 cm³/mol. The van der Waals surface area contributed by atoms with Crippen LogP contribution in [0.15, 0.2) is 22.4 Å². The van der Waals surface area contributed by atoms with Crippen LogP contribution in [0.25, 0.3) is 11.0 Å². The molecule has 0 unspecified atom stereocenters. The van der Waals surface area contributed by atoms with E-state index in [9.17, 15) is 9.59 Å². The van der Waals surface area contributed by atoms with Gasteiger partial charge in [-0.1, -0.05) is 11.3 Å². The van der Waals surface area contributed by atoms with E-state index in [0.717, 1.165) is 33.8 Å². The van der Waals surface area contributed by atoms with Gasteiger partial charge in [0.25, 0.3) is 0 Å². The minimum absolute atomic E-state index is 0.0376. The van der Waals surface area contributed by atoms with Crippen LogP contribution in [0, 0.1) is 13.8 Å². The second-order valence-corrected chi connectivity index (χ2v) is 6.22. The molecule has 7 nitrogen and oxygen atoms in total. The number of rotatable bonds is 4. The van der Waals surface area contributed by atoms with E-state index in [4.69, 9.17) is 0 Å². The Morgan fingerprint density at radius 1 is 1.39 bits per heavy atom. The standard InChI is InChI=1S/C15H17N5O2S/c1-9-8-23-15(22)20(9)5-4-13(21)17-11-6-12-10(2)18-19(3)14(12)16-7-11/h6-8H,4-5H2,1-3H3,(H,17,21). The second kappa shape index (κ2) is 5.96. The van der Waals surface area contributed by atoms with E-state index < -0.39 is 0 Å². The first-order valence-electron chi connectivity index (χ1n) is 7.20. The number of anilines is 1. The molecule has 3 aromatic rings. The first-order valence-corrected chi connectivity index (χ1v) is 8.08. The summed E-state index contributed by atoms with van der Waals surface area (Å²) >= 11 is 1.15. The summed E-state index contributed by atoms with van der Waals surface area (Å²) in [6.07, 6.45) is 1.85. The van der Waals surface area contributed by atoms with Gasteiger partial charge in [0.2, 0.25) is 5.91 Å². The van der Waals surface area contributed by atoms with Gasteiger partial charge in [-0.05, 0) is 19.9 Å². The molecule has 120 valence electrons. The molecule has 0 aliphatic rings. The number of hydrogen-bond donors (Lipinski definition) is 1. The van der Waals surface area contributed by atoms with E-state index >= 15 is 0 Å². The molecule has 3 aromatic heterocycles. The molecule has 0 fully saturated rings. The number of amides is 1. The number of nitrogens with one attached hydrogen (secondary N) is 1. The van der Waals surface area contributed by atoms with Crippen LogP contribution in [0.3, 0.4) is 0 Å². The highest BCUT2D eigenvalue weighted by molar-refractivity contribution is 7.07. The average molecular weight is 331 g/mol. The van der Waals surface area contributed by atoms with E-state index in [2.05, 4.69) is 15.4 Å². The van der Waals surface area contributed by atoms with Gasteiger partial charge in [0.05, 0.1) is 17.6 Å². The van der Waals surface area contributed by atoms with E-state index in [1.807, 2.05) is 27.0 Å². The molecule has 23 heavy (non-hydrogen) atoms. The summed E-state index contributed by atoms with van der Waals surface area (Å²) in [6, 6.07) is 1.87. The first-order chi connectivity index (χ1) is 11.0. The fraction of sp³-hybridized carbons (Fsp3) is 0.333. The number of thiazole rings is 1. The van der Waals surface area contributed by atoms with Gasteiger partial charge in [-0.3, -0.25) is 14.3 Å². The molecule has 3 heterocycles. The van der Waals surface area contributed by atoms with Crippen molar-refractivity contribution in [2.24, 2.45) is 7.05 Å². The topological polar surface area (TPSA) is 81.8 Å².